The number of thiol groups is 2. The Morgan fingerprint density at radius 1 is 0.651 bits per heavy atom. The summed E-state index contributed by atoms with van der Waals surface area (Å²) in [6.45, 7) is 9.40. The number of ether oxygens (including phenoxy) is 2. The molecule has 0 unspecified atom stereocenters. The zero-order chi connectivity index (χ0) is 29.6. The van der Waals surface area contributed by atoms with Gasteiger partial charge in [0, 0.05) is 37.3 Å². The molecular formula is C37H40N2O2S2. The van der Waals surface area contributed by atoms with Crippen LogP contribution in [-0.2, 0) is 18.5 Å². The lowest BCUT2D eigenvalue weighted by Crippen LogP contribution is -2.35. The van der Waals surface area contributed by atoms with Crippen LogP contribution in [0.3, 0.4) is 0 Å². The average molecular weight is 609 g/mol. The Morgan fingerprint density at radius 3 is 1.53 bits per heavy atom. The van der Waals surface area contributed by atoms with E-state index in [1.807, 2.05) is 0 Å². The summed E-state index contributed by atoms with van der Waals surface area (Å²) < 4.78 is 12.7. The molecule has 0 spiro atoms. The van der Waals surface area contributed by atoms with E-state index in [9.17, 15) is 0 Å². The maximum absolute atomic E-state index is 6.37. The molecule has 0 radical (unpaired) electrons. The van der Waals surface area contributed by atoms with Crippen LogP contribution >= 0.6 is 25.3 Å². The fraction of sp³-hybridized carbons (Fsp3) is 0.351. The van der Waals surface area contributed by atoms with Crippen LogP contribution in [0, 0.1) is 13.8 Å². The summed E-state index contributed by atoms with van der Waals surface area (Å²) in [6, 6.07) is 27.6. The van der Waals surface area contributed by atoms with Crippen LogP contribution in [-0.4, -0.2) is 47.9 Å². The molecule has 0 saturated carbocycles. The third-order valence-corrected chi connectivity index (χ3v) is 9.99. The molecule has 0 saturated heterocycles. The first-order valence-electron chi connectivity index (χ1n) is 15.4. The Bertz CT molecular complexity index is 1550. The first kappa shape index (κ1) is 28.8. The third kappa shape index (κ3) is 4.87. The van der Waals surface area contributed by atoms with Gasteiger partial charge in [-0.1, -0.05) is 60.7 Å². The minimum absolute atomic E-state index is 0.465. The first-order chi connectivity index (χ1) is 21.0. The molecule has 2 aliphatic heterocycles. The normalized spacial score (nSPS) is 16.9. The largest absolute Gasteiger partial charge is 0.478 e. The van der Waals surface area contributed by atoms with Gasteiger partial charge < -0.3 is 9.47 Å². The van der Waals surface area contributed by atoms with Gasteiger partial charge in [-0.15, -0.1) is 0 Å². The molecule has 6 heteroatoms. The van der Waals surface area contributed by atoms with Gasteiger partial charge in [0.2, 0.25) is 0 Å². The molecule has 7 rings (SSSR count). The summed E-state index contributed by atoms with van der Waals surface area (Å²) in [6.07, 6.45) is 2.10. The summed E-state index contributed by atoms with van der Waals surface area (Å²) in [5.74, 6) is 3.84. The SMILES string of the molecule is Cc1cc(C2(c3cc(C)c4c(c3)CN(CCCS)CO4)c3ccccc3-c3ccccc32)cc2c1OCN(CCCS)C2. The quantitative estimate of drug-likeness (QED) is 0.177. The molecule has 0 fully saturated rings. The van der Waals surface area contributed by atoms with Crippen molar-refractivity contribution in [2.45, 2.75) is 45.2 Å². The highest BCUT2D eigenvalue weighted by molar-refractivity contribution is 7.80. The predicted molar refractivity (Wildman–Crippen MR) is 182 cm³/mol. The maximum Gasteiger partial charge on any atom is 0.142 e. The van der Waals surface area contributed by atoms with Crippen LogP contribution in [0.25, 0.3) is 11.1 Å². The molecule has 3 aliphatic rings. The fourth-order valence-electron chi connectivity index (χ4n) is 7.56. The topological polar surface area (TPSA) is 24.9 Å². The molecule has 0 N–H and O–H groups in total. The summed E-state index contributed by atoms with van der Waals surface area (Å²) in [5.41, 5.74) is 12.3. The molecule has 4 aromatic rings. The summed E-state index contributed by atoms with van der Waals surface area (Å²) in [4.78, 5) is 4.79. The van der Waals surface area contributed by atoms with Gasteiger partial charge >= 0.3 is 0 Å². The van der Waals surface area contributed by atoms with Crippen molar-refractivity contribution in [3.05, 3.63) is 117 Å². The Morgan fingerprint density at radius 2 is 1.09 bits per heavy atom. The zero-order valence-corrected chi connectivity index (χ0v) is 26.9. The Labute approximate surface area is 266 Å². The standard InChI is InChI=1S/C37H40N2O2S2/c1-25-17-29(19-27-21-38(13-7-15-42)23-40-35(25)27)37(33-11-5-3-9-31(33)32-10-4-6-12-34(32)37)30-18-26(2)36-28(20-30)22-39(24-41-36)14-8-16-43/h3-6,9-12,17-20,42-43H,7-8,13-16,21-24H2,1-2H3. The van der Waals surface area contributed by atoms with Gasteiger partial charge in [0.15, 0.2) is 0 Å². The highest BCUT2D eigenvalue weighted by Crippen LogP contribution is 2.57. The Balaban J connectivity index is 1.46. The molecule has 0 atom stereocenters. The molecule has 2 heterocycles. The first-order valence-corrected chi connectivity index (χ1v) is 16.7. The fourth-order valence-corrected chi connectivity index (χ4v) is 7.84. The monoisotopic (exact) mass is 608 g/mol. The van der Waals surface area contributed by atoms with Gasteiger partial charge in [-0.25, -0.2) is 0 Å². The van der Waals surface area contributed by atoms with E-state index in [0.717, 1.165) is 62.0 Å². The lowest BCUT2D eigenvalue weighted by atomic mass is 9.66. The molecule has 0 aromatic heterocycles. The number of aryl methyl sites for hydroxylation is 2. The molecule has 4 nitrogen and oxygen atoms in total. The smallest absolute Gasteiger partial charge is 0.142 e. The number of fused-ring (bicyclic) bond motifs is 5. The van der Waals surface area contributed by atoms with E-state index in [2.05, 4.69) is 122 Å². The lowest BCUT2D eigenvalue weighted by molar-refractivity contribution is 0.0948. The van der Waals surface area contributed by atoms with Gasteiger partial charge in [0.25, 0.3) is 0 Å². The second kappa shape index (κ2) is 11.9. The van der Waals surface area contributed by atoms with Crippen LogP contribution in [0.5, 0.6) is 11.5 Å². The molecular weight excluding hydrogens is 569 g/mol. The van der Waals surface area contributed by atoms with Crippen LogP contribution in [0.2, 0.25) is 0 Å². The van der Waals surface area contributed by atoms with E-state index in [-0.39, 0.29) is 0 Å². The van der Waals surface area contributed by atoms with Crippen LogP contribution in [0.1, 0.15) is 57.3 Å². The molecule has 43 heavy (non-hydrogen) atoms. The highest BCUT2D eigenvalue weighted by Gasteiger charge is 2.47. The summed E-state index contributed by atoms with van der Waals surface area (Å²) in [7, 11) is 0. The second-order valence-electron chi connectivity index (χ2n) is 12.2. The van der Waals surface area contributed by atoms with Crippen molar-refractivity contribution in [2.75, 3.05) is 38.1 Å². The number of benzene rings is 4. The molecule has 0 amide bonds. The minimum Gasteiger partial charge on any atom is -0.478 e. The molecule has 1 aliphatic carbocycles. The molecule has 0 bridgehead atoms. The maximum atomic E-state index is 6.37. The predicted octanol–water partition coefficient (Wildman–Crippen LogP) is 7.61. The van der Waals surface area contributed by atoms with Gasteiger partial charge in [-0.2, -0.15) is 25.3 Å². The van der Waals surface area contributed by atoms with Crippen molar-refractivity contribution in [1.82, 2.24) is 9.80 Å². The van der Waals surface area contributed by atoms with E-state index in [4.69, 9.17) is 9.47 Å². The zero-order valence-electron chi connectivity index (χ0n) is 25.1. The highest BCUT2D eigenvalue weighted by atomic mass is 32.1. The van der Waals surface area contributed by atoms with Crippen molar-refractivity contribution in [1.29, 1.82) is 0 Å². The van der Waals surface area contributed by atoms with E-state index in [1.165, 1.54) is 55.6 Å². The van der Waals surface area contributed by atoms with Gasteiger partial charge in [-0.05, 0) is 94.8 Å². The van der Waals surface area contributed by atoms with E-state index >= 15 is 0 Å². The minimum atomic E-state index is -0.465. The van der Waals surface area contributed by atoms with Crippen molar-refractivity contribution in [3.8, 4) is 22.6 Å². The van der Waals surface area contributed by atoms with Crippen LogP contribution < -0.4 is 9.47 Å². The van der Waals surface area contributed by atoms with Crippen molar-refractivity contribution >= 4 is 25.3 Å². The van der Waals surface area contributed by atoms with Crippen molar-refractivity contribution in [3.63, 3.8) is 0 Å². The molecule has 222 valence electrons. The van der Waals surface area contributed by atoms with Crippen LogP contribution in [0.15, 0.2) is 72.8 Å². The van der Waals surface area contributed by atoms with Crippen molar-refractivity contribution < 1.29 is 9.47 Å². The Kier molecular flexibility index (Phi) is 7.97. The number of nitrogens with zero attached hydrogens (tertiary/aromatic N) is 2. The van der Waals surface area contributed by atoms with Crippen molar-refractivity contribution in [2.24, 2.45) is 0 Å². The van der Waals surface area contributed by atoms with Gasteiger partial charge in [-0.3, -0.25) is 9.80 Å². The number of rotatable bonds is 8. The Hall–Kier alpha value is -2.90. The number of hydrogen-bond donors (Lipinski definition) is 2. The number of hydrogen-bond acceptors (Lipinski definition) is 6. The van der Waals surface area contributed by atoms with E-state index < -0.39 is 5.41 Å². The van der Waals surface area contributed by atoms with Gasteiger partial charge in [0.05, 0.1) is 5.41 Å². The summed E-state index contributed by atoms with van der Waals surface area (Å²) >= 11 is 8.91. The second-order valence-corrected chi connectivity index (χ2v) is 13.1. The summed E-state index contributed by atoms with van der Waals surface area (Å²) in [5, 5.41) is 0. The molecule has 4 aromatic carbocycles. The van der Waals surface area contributed by atoms with Crippen LogP contribution in [0.4, 0.5) is 0 Å². The lowest BCUT2D eigenvalue weighted by Gasteiger charge is -2.38. The average Bonchev–Trinajstić information content (AvgIpc) is 3.33. The third-order valence-electron chi connectivity index (χ3n) is 9.36. The van der Waals surface area contributed by atoms with E-state index in [1.54, 1.807) is 0 Å². The van der Waals surface area contributed by atoms with E-state index in [0.29, 0.717) is 13.5 Å². The van der Waals surface area contributed by atoms with Gasteiger partial charge in [0.1, 0.15) is 25.0 Å².